The van der Waals surface area contributed by atoms with Crippen molar-refractivity contribution in [2.45, 2.75) is 0 Å². The molecule has 1 rings (SSSR count). The van der Waals surface area contributed by atoms with Gasteiger partial charge < -0.3 is 16.2 Å². The second-order valence-corrected chi connectivity index (χ2v) is 2.66. The molecule has 6 heteroatoms. The molecule has 0 aliphatic heterocycles. The van der Waals surface area contributed by atoms with Crippen LogP contribution in [0.3, 0.4) is 0 Å². The monoisotopic (exact) mass is 197 g/mol. The van der Waals surface area contributed by atoms with Crippen LogP contribution in [0.25, 0.3) is 0 Å². The Bertz CT molecular complexity index is 386. The predicted octanol–water partition coefficient (Wildman–Crippen LogP) is -1.23. The third-order valence-electron chi connectivity index (χ3n) is 1.52. The molecule has 1 amide bonds. The van der Waals surface area contributed by atoms with Gasteiger partial charge in [0.2, 0.25) is 0 Å². The van der Waals surface area contributed by atoms with Crippen molar-refractivity contribution in [3.8, 4) is 5.88 Å². The van der Waals surface area contributed by atoms with Gasteiger partial charge in [-0.2, -0.15) is 0 Å². The second kappa shape index (κ2) is 4.43. The molecule has 0 saturated carbocycles. The van der Waals surface area contributed by atoms with Crippen molar-refractivity contribution in [3.05, 3.63) is 28.0 Å². The molecule has 76 valence electrons. The maximum absolute atomic E-state index is 11.3. The summed E-state index contributed by atoms with van der Waals surface area (Å²) in [5.41, 5.74) is 4.77. The third-order valence-corrected chi connectivity index (χ3v) is 1.52. The van der Waals surface area contributed by atoms with Crippen molar-refractivity contribution in [1.29, 1.82) is 0 Å². The van der Waals surface area contributed by atoms with Crippen LogP contribution in [0.5, 0.6) is 5.88 Å². The Hall–Kier alpha value is -1.82. The maximum atomic E-state index is 11.3. The van der Waals surface area contributed by atoms with Crippen LogP contribution in [0.15, 0.2) is 16.9 Å². The molecule has 1 aromatic rings. The molecule has 0 atom stereocenters. The normalized spacial score (nSPS) is 9.79. The van der Waals surface area contributed by atoms with Crippen LogP contribution in [0.1, 0.15) is 10.4 Å². The summed E-state index contributed by atoms with van der Waals surface area (Å²) in [5, 5.41) is 11.5. The van der Waals surface area contributed by atoms with E-state index in [0.29, 0.717) is 13.1 Å². The summed E-state index contributed by atoms with van der Waals surface area (Å²) in [4.78, 5) is 24.3. The summed E-state index contributed by atoms with van der Waals surface area (Å²) in [7, 11) is 0. The Morgan fingerprint density at radius 2 is 2.29 bits per heavy atom. The Morgan fingerprint density at radius 3 is 2.86 bits per heavy atom. The lowest BCUT2D eigenvalue weighted by molar-refractivity contribution is 0.0954. The molecule has 0 spiro atoms. The zero-order valence-electron chi connectivity index (χ0n) is 7.41. The fourth-order valence-electron chi connectivity index (χ4n) is 0.947. The molecular formula is C8H11N3O3. The van der Waals surface area contributed by atoms with Crippen molar-refractivity contribution >= 4 is 5.91 Å². The molecule has 5 N–H and O–H groups in total. The van der Waals surface area contributed by atoms with Crippen LogP contribution in [-0.2, 0) is 0 Å². The average molecular weight is 197 g/mol. The molecule has 0 aliphatic carbocycles. The number of aromatic hydroxyl groups is 1. The Morgan fingerprint density at radius 1 is 1.57 bits per heavy atom. The quantitative estimate of drug-likeness (QED) is 0.486. The van der Waals surface area contributed by atoms with E-state index in [1.165, 1.54) is 6.07 Å². The van der Waals surface area contributed by atoms with Crippen molar-refractivity contribution in [2.24, 2.45) is 5.73 Å². The van der Waals surface area contributed by atoms with Gasteiger partial charge in [0.15, 0.2) is 5.88 Å². The van der Waals surface area contributed by atoms with Crippen molar-refractivity contribution in [1.82, 2.24) is 10.3 Å². The highest BCUT2D eigenvalue weighted by Gasteiger charge is 2.06. The van der Waals surface area contributed by atoms with E-state index in [4.69, 9.17) is 10.8 Å². The number of nitrogens with one attached hydrogen (secondary N) is 2. The number of aromatic nitrogens is 1. The van der Waals surface area contributed by atoms with E-state index in [1.807, 2.05) is 0 Å². The number of rotatable bonds is 3. The molecule has 1 aromatic heterocycles. The smallest absolute Gasteiger partial charge is 0.251 e. The highest BCUT2D eigenvalue weighted by atomic mass is 16.3. The van der Waals surface area contributed by atoms with Crippen LogP contribution in [0, 0.1) is 0 Å². The lowest BCUT2D eigenvalue weighted by Gasteiger charge is -2.02. The van der Waals surface area contributed by atoms with E-state index in [9.17, 15) is 9.59 Å². The van der Waals surface area contributed by atoms with Gasteiger partial charge >= 0.3 is 0 Å². The number of hydrogen-bond acceptors (Lipinski definition) is 4. The van der Waals surface area contributed by atoms with Crippen molar-refractivity contribution in [3.63, 3.8) is 0 Å². The SMILES string of the molecule is NCCNC(=O)c1cc(O)[nH]c(=O)c1. The first-order chi connectivity index (χ1) is 6.63. The molecule has 1 heterocycles. The minimum Gasteiger partial charge on any atom is -0.494 e. The number of carbonyl (C=O) groups is 1. The van der Waals surface area contributed by atoms with E-state index >= 15 is 0 Å². The molecular weight excluding hydrogens is 186 g/mol. The zero-order chi connectivity index (χ0) is 10.6. The highest BCUT2D eigenvalue weighted by Crippen LogP contribution is 2.03. The Balaban J connectivity index is 2.84. The number of amides is 1. The topological polar surface area (TPSA) is 108 Å². The number of aromatic amines is 1. The van der Waals surface area contributed by atoms with E-state index in [2.05, 4.69) is 10.3 Å². The van der Waals surface area contributed by atoms with Gasteiger partial charge in [-0.3, -0.25) is 14.6 Å². The molecule has 0 fully saturated rings. The molecule has 0 aliphatic rings. The molecule has 0 bridgehead atoms. The lowest BCUT2D eigenvalue weighted by atomic mass is 10.2. The standard InChI is InChI=1S/C8H11N3O3/c9-1-2-10-8(14)5-3-6(12)11-7(13)4-5/h3-4H,1-2,9H2,(H,10,14)(H2,11,12,13). The summed E-state index contributed by atoms with van der Waals surface area (Å²) in [5.74, 6) is -0.771. The fraction of sp³-hybridized carbons (Fsp3) is 0.250. The molecule has 0 aromatic carbocycles. The molecule has 0 radical (unpaired) electrons. The molecule has 14 heavy (non-hydrogen) atoms. The first-order valence-electron chi connectivity index (χ1n) is 4.05. The van der Waals surface area contributed by atoms with Crippen LogP contribution in [0.2, 0.25) is 0 Å². The zero-order valence-corrected chi connectivity index (χ0v) is 7.41. The minimum absolute atomic E-state index is 0.111. The number of H-pyrrole nitrogens is 1. The number of nitrogens with two attached hydrogens (primary N) is 1. The predicted molar refractivity (Wildman–Crippen MR) is 50.1 cm³/mol. The molecule has 0 saturated heterocycles. The van der Waals surface area contributed by atoms with Crippen LogP contribution in [0.4, 0.5) is 0 Å². The van der Waals surface area contributed by atoms with E-state index in [-0.39, 0.29) is 11.4 Å². The van der Waals surface area contributed by atoms with Crippen molar-refractivity contribution < 1.29 is 9.90 Å². The molecule has 6 nitrogen and oxygen atoms in total. The average Bonchev–Trinajstić information content (AvgIpc) is 2.12. The summed E-state index contributed by atoms with van der Waals surface area (Å²) < 4.78 is 0. The summed E-state index contributed by atoms with van der Waals surface area (Å²) in [6.45, 7) is 0.646. The van der Waals surface area contributed by atoms with Gasteiger partial charge in [0, 0.05) is 25.2 Å². The van der Waals surface area contributed by atoms with Gasteiger partial charge in [-0.05, 0) is 0 Å². The lowest BCUT2D eigenvalue weighted by Crippen LogP contribution is -2.29. The minimum atomic E-state index is -0.525. The van der Waals surface area contributed by atoms with Gasteiger partial charge in [0.1, 0.15) is 0 Å². The number of carbonyl (C=O) groups excluding carboxylic acids is 1. The largest absolute Gasteiger partial charge is 0.494 e. The summed E-state index contributed by atoms with van der Waals surface area (Å²) in [6.07, 6.45) is 0. The highest BCUT2D eigenvalue weighted by molar-refractivity contribution is 5.94. The maximum Gasteiger partial charge on any atom is 0.251 e. The Kier molecular flexibility index (Phi) is 3.24. The third kappa shape index (κ3) is 2.60. The van der Waals surface area contributed by atoms with Crippen LogP contribution >= 0.6 is 0 Å². The Labute approximate surface area is 79.8 Å². The van der Waals surface area contributed by atoms with Gasteiger partial charge in [-0.1, -0.05) is 0 Å². The number of pyridine rings is 1. The van der Waals surface area contributed by atoms with Crippen LogP contribution < -0.4 is 16.6 Å². The fourth-order valence-corrected chi connectivity index (χ4v) is 0.947. The van der Waals surface area contributed by atoms with Crippen molar-refractivity contribution in [2.75, 3.05) is 13.1 Å². The first-order valence-corrected chi connectivity index (χ1v) is 4.05. The first kappa shape index (κ1) is 10.3. The van der Waals surface area contributed by atoms with E-state index in [1.54, 1.807) is 0 Å². The van der Waals surface area contributed by atoms with E-state index < -0.39 is 11.5 Å². The summed E-state index contributed by atoms with van der Waals surface area (Å²) in [6, 6.07) is 2.28. The van der Waals surface area contributed by atoms with Gasteiger partial charge in [0.05, 0.1) is 5.56 Å². The summed E-state index contributed by atoms with van der Waals surface area (Å²) >= 11 is 0. The van der Waals surface area contributed by atoms with Gasteiger partial charge in [-0.15, -0.1) is 0 Å². The number of hydrogen-bond donors (Lipinski definition) is 4. The van der Waals surface area contributed by atoms with Gasteiger partial charge in [0.25, 0.3) is 11.5 Å². The molecule has 0 unspecified atom stereocenters. The van der Waals surface area contributed by atoms with E-state index in [0.717, 1.165) is 6.07 Å². The van der Waals surface area contributed by atoms with Crippen LogP contribution in [-0.4, -0.2) is 29.1 Å². The van der Waals surface area contributed by atoms with Gasteiger partial charge in [-0.25, -0.2) is 0 Å². The second-order valence-electron chi connectivity index (χ2n) is 2.66.